The number of benzene rings is 2. The fourth-order valence-electron chi connectivity index (χ4n) is 1.83. The summed E-state index contributed by atoms with van der Waals surface area (Å²) in [5.41, 5.74) is 1.98. The fraction of sp³-hybridized carbons (Fsp3) is 0. The lowest BCUT2D eigenvalue weighted by molar-refractivity contribution is 1.48. The van der Waals surface area contributed by atoms with Gasteiger partial charge in [-0.3, -0.25) is 0 Å². The Labute approximate surface area is 232 Å². The first kappa shape index (κ1) is 24.1. The van der Waals surface area contributed by atoms with E-state index in [1.807, 2.05) is 0 Å². The summed E-state index contributed by atoms with van der Waals surface area (Å²) in [5.74, 6) is 0. The molecule has 0 aliphatic carbocycles. The van der Waals surface area contributed by atoms with E-state index in [9.17, 15) is 0 Å². The van der Waals surface area contributed by atoms with Gasteiger partial charge >= 0.3 is 0 Å². The summed E-state index contributed by atoms with van der Waals surface area (Å²) in [7, 11) is 0. The van der Waals surface area contributed by atoms with Crippen molar-refractivity contribution in [2.45, 2.75) is 0 Å². The van der Waals surface area contributed by atoms with Crippen molar-refractivity contribution in [3.8, 4) is 0 Å². The molecular formula is C12BBr11. The highest BCUT2D eigenvalue weighted by Crippen LogP contribution is 2.43. The van der Waals surface area contributed by atoms with E-state index in [4.69, 9.17) is 0 Å². The van der Waals surface area contributed by atoms with E-state index in [0.29, 0.717) is 0 Å². The van der Waals surface area contributed by atoms with E-state index >= 15 is 0 Å². The average Bonchev–Trinajstić information content (AvgIpc) is 2.55. The maximum absolute atomic E-state index is 3.85. The molecule has 0 saturated heterocycles. The van der Waals surface area contributed by atoms with Crippen molar-refractivity contribution in [3.63, 3.8) is 0 Å². The minimum absolute atomic E-state index is 0.105. The normalized spacial score (nSPS) is 11.1. The highest BCUT2D eigenvalue weighted by atomic mass is 79.9. The number of hydrogen-bond acceptors (Lipinski definition) is 0. The second kappa shape index (κ2) is 9.73. The van der Waals surface area contributed by atoms with Gasteiger partial charge < -0.3 is 0 Å². The van der Waals surface area contributed by atoms with Crippen LogP contribution in [-0.4, -0.2) is 5.54 Å². The molecule has 12 heteroatoms. The lowest BCUT2D eigenvalue weighted by Gasteiger charge is -2.20. The molecule has 0 aliphatic rings. The monoisotopic (exact) mass is 1020 g/mol. The molecule has 0 saturated carbocycles. The van der Waals surface area contributed by atoms with E-state index in [-0.39, 0.29) is 5.54 Å². The standard InChI is InChI=1S/C12BBr11/c14-3-1(4(15)8(19)11(22)7(3)18)13(24)2-5(16)9(20)12(23)10(21)6(2)17. The van der Waals surface area contributed by atoms with Crippen molar-refractivity contribution in [3.05, 3.63) is 44.7 Å². The van der Waals surface area contributed by atoms with Gasteiger partial charge in [-0.25, -0.2) is 0 Å². The van der Waals surface area contributed by atoms with Crippen LogP contribution in [-0.2, 0) is 0 Å². The quantitative estimate of drug-likeness (QED) is 0.160. The van der Waals surface area contributed by atoms with Crippen LogP contribution in [0.4, 0.5) is 0 Å². The molecule has 0 nitrogen and oxygen atoms in total. The first-order valence-corrected chi connectivity index (χ1v) is 14.5. The summed E-state index contributed by atoms with van der Waals surface area (Å²) < 4.78 is 9.36. The number of halogens is 11. The van der Waals surface area contributed by atoms with Crippen molar-refractivity contribution in [1.29, 1.82) is 0 Å². The first-order valence-electron chi connectivity index (χ1n) is 5.69. The van der Waals surface area contributed by atoms with Crippen molar-refractivity contribution in [2.75, 3.05) is 0 Å². The SMILES string of the molecule is BrB(c1c(Br)c(Br)c(Br)c(Br)c1Br)c1c(Br)c(Br)c(Br)c(Br)c1Br. The van der Waals surface area contributed by atoms with Gasteiger partial charge in [-0.1, -0.05) is 63.7 Å². The summed E-state index contributed by atoms with van der Waals surface area (Å²) >= 11 is 40.2. The van der Waals surface area contributed by atoms with Gasteiger partial charge in [-0.05, 0) is 107 Å². The van der Waals surface area contributed by atoms with Gasteiger partial charge in [0.2, 0.25) is 0 Å². The van der Waals surface area contributed by atoms with Crippen molar-refractivity contribution >= 4 is 192 Å². The molecule has 0 radical (unpaired) electrons. The smallest absolute Gasteiger partial charge is 0.143 e. The Kier molecular flexibility index (Phi) is 9.75. The zero-order valence-electron chi connectivity index (χ0n) is 10.7. The Morgan fingerprint density at radius 3 is 0.708 bits per heavy atom. The molecule has 0 bridgehead atoms. The molecule has 0 aliphatic heterocycles. The largest absolute Gasteiger partial charge is 0.292 e. The highest BCUT2D eigenvalue weighted by molar-refractivity contribution is 9.25. The van der Waals surface area contributed by atoms with Crippen LogP contribution in [0.1, 0.15) is 0 Å². The Bertz CT molecular complexity index is 720. The molecule has 2 aromatic carbocycles. The molecule has 128 valence electrons. The molecule has 24 heavy (non-hydrogen) atoms. The Hall–Kier alpha value is 3.78. The Morgan fingerprint density at radius 1 is 0.333 bits per heavy atom. The van der Waals surface area contributed by atoms with Crippen LogP contribution in [0.25, 0.3) is 0 Å². The van der Waals surface area contributed by atoms with E-state index in [1.165, 1.54) is 0 Å². The third kappa shape index (κ3) is 4.43. The van der Waals surface area contributed by atoms with E-state index in [2.05, 4.69) is 175 Å². The van der Waals surface area contributed by atoms with Gasteiger partial charge in [0.05, 0.1) is 0 Å². The number of rotatable bonds is 2. The van der Waals surface area contributed by atoms with Crippen LogP contribution >= 0.6 is 175 Å². The zero-order chi connectivity index (χ0) is 18.5. The minimum atomic E-state index is -0.105. The molecule has 0 unspecified atom stereocenters. The van der Waals surface area contributed by atoms with Gasteiger partial charge in [-0.15, -0.1) is 15.8 Å². The van der Waals surface area contributed by atoms with Crippen LogP contribution < -0.4 is 10.9 Å². The second-order valence-corrected chi connectivity index (χ2v) is 13.2. The molecule has 0 amide bonds. The summed E-state index contributed by atoms with van der Waals surface area (Å²) in [4.78, 5) is 0. The van der Waals surface area contributed by atoms with Gasteiger partial charge in [-0.2, -0.15) is 0 Å². The Morgan fingerprint density at radius 2 is 0.500 bits per heavy atom. The minimum Gasteiger partial charge on any atom is -0.143 e. The van der Waals surface area contributed by atoms with Crippen LogP contribution in [0.15, 0.2) is 44.7 Å². The van der Waals surface area contributed by atoms with Crippen molar-refractivity contribution < 1.29 is 0 Å². The summed E-state index contributed by atoms with van der Waals surface area (Å²) in [6, 6.07) is 0. The van der Waals surface area contributed by atoms with Crippen LogP contribution in [0.2, 0.25) is 0 Å². The lowest BCUT2D eigenvalue weighted by atomic mass is 9.63. The molecular weight excluding hydrogens is 1030 g/mol. The second-order valence-electron chi connectivity index (χ2n) is 4.33. The molecule has 0 heterocycles. The third-order valence-electron chi connectivity index (χ3n) is 2.99. The van der Waals surface area contributed by atoms with Gasteiger partial charge in [0.1, 0.15) is 0 Å². The predicted molar refractivity (Wildman–Crippen MR) is 144 cm³/mol. The van der Waals surface area contributed by atoms with Gasteiger partial charge in [0.15, 0.2) is 0 Å². The summed E-state index contributed by atoms with van der Waals surface area (Å²) in [6.45, 7) is 0. The summed E-state index contributed by atoms with van der Waals surface area (Å²) in [6.07, 6.45) is 0. The zero-order valence-corrected chi connectivity index (χ0v) is 28.2. The molecule has 0 N–H and O–H groups in total. The third-order valence-corrected chi connectivity index (χ3v) is 16.2. The van der Waals surface area contributed by atoms with Crippen LogP contribution in [0.5, 0.6) is 0 Å². The van der Waals surface area contributed by atoms with Crippen molar-refractivity contribution in [2.24, 2.45) is 0 Å². The molecule has 0 aromatic heterocycles. The van der Waals surface area contributed by atoms with Gasteiger partial charge in [0, 0.05) is 44.7 Å². The predicted octanol–water partition coefficient (Wildman–Crippen LogP) is 9.81. The van der Waals surface area contributed by atoms with E-state index in [0.717, 1.165) is 55.7 Å². The molecule has 0 spiro atoms. The van der Waals surface area contributed by atoms with Crippen LogP contribution in [0.3, 0.4) is 0 Å². The maximum atomic E-state index is 3.85. The van der Waals surface area contributed by atoms with Gasteiger partial charge in [0.25, 0.3) is 5.54 Å². The van der Waals surface area contributed by atoms with Crippen molar-refractivity contribution in [1.82, 2.24) is 0 Å². The first-order chi connectivity index (χ1) is 11.0. The molecule has 2 aromatic rings. The maximum Gasteiger partial charge on any atom is 0.292 e. The summed E-state index contributed by atoms with van der Waals surface area (Å²) in [5, 5.41) is 0. The molecule has 0 fully saturated rings. The van der Waals surface area contributed by atoms with Crippen LogP contribution in [0, 0.1) is 0 Å². The van der Waals surface area contributed by atoms with E-state index in [1.54, 1.807) is 0 Å². The average molecular weight is 1030 g/mol. The fourth-order valence-corrected chi connectivity index (χ4v) is 11.0. The lowest BCUT2D eigenvalue weighted by Crippen LogP contribution is -2.41. The topological polar surface area (TPSA) is 0 Å². The Balaban J connectivity index is 2.84. The highest BCUT2D eigenvalue weighted by Gasteiger charge is 2.31. The van der Waals surface area contributed by atoms with E-state index < -0.39 is 0 Å². The molecule has 0 atom stereocenters. The molecule has 2 rings (SSSR count). The number of hydrogen-bond donors (Lipinski definition) is 0.